The molecule has 2 nitrogen and oxygen atoms in total. The fraction of sp³-hybridized carbons (Fsp3) is 1.00. The highest BCUT2D eigenvalue weighted by molar-refractivity contribution is 4.86. The maximum Gasteiger partial charge on any atom is 0.00923 e. The van der Waals surface area contributed by atoms with Gasteiger partial charge in [-0.1, -0.05) is 13.8 Å². The summed E-state index contributed by atoms with van der Waals surface area (Å²) in [5, 5.41) is 3.27. The third kappa shape index (κ3) is 3.58. The van der Waals surface area contributed by atoms with Gasteiger partial charge >= 0.3 is 0 Å². The zero-order valence-electron chi connectivity index (χ0n) is 10.4. The van der Waals surface area contributed by atoms with Crippen LogP contribution >= 0.6 is 0 Å². The summed E-state index contributed by atoms with van der Waals surface area (Å²) in [7, 11) is 4.30. The minimum atomic E-state index is 0.382. The molecule has 0 heterocycles. The quantitative estimate of drug-likeness (QED) is 0.702. The third-order valence-corrected chi connectivity index (χ3v) is 3.33. The van der Waals surface area contributed by atoms with E-state index in [1.165, 1.54) is 19.4 Å². The molecule has 1 aliphatic carbocycles. The molecule has 1 atom stereocenters. The summed E-state index contributed by atoms with van der Waals surface area (Å²) in [4.78, 5) is 2.52. The van der Waals surface area contributed by atoms with Gasteiger partial charge in [-0.05, 0) is 45.2 Å². The van der Waals surface area contributed by atoms with Crippen molar-refractivity contribution < 1.29 is 0 Å². The van der Waals surface area contributed by atoms with Crippen LogP contribution in [-0.2, 0) is 0 Å². The molecule has 1 saturated carbocycles. The van der Waals surface area contributed by atoms with Gasteiger partial charge in [0.15, 0.2) is 0 Å². The van der Waals surface area contributed by atoms with Crippen molar-refractivity contribution >= 4 is 0 Å². The zero-order valence-corrected chi connectivity index (χ0v) is 10.4. The van der Waals surface area contributed by atoms with Crippen LogP contribution in [-0.4, -0.2) is 38.1 Å². The van der Waals surface area contributed by atoms with Crippen LogP contribution in [0.2, 0.25) is 0 Å². The first-order chi connectivity index (χ1) is 6.46. The van der Waals surface area contributed by atoms with Crippen LogP contribution in [0.15, 0.2) is 0 Å². The molecule has 0 aromatic heterocycles. The third-order valence-electron chi connectivity index (χ3n) is 3.33. The Morgan fingerprint density at radius 1 is 1.43 bits per heavy atom. The molecule has 0 spiro atoms. The van der Waals surface area contributed by atoms with Crippen molar-refractivity contribution in [1.82, 2.24) is 10.2 Å². The molecule has 0 aliphatic heterocycles. The monoisotopic (exact) mass is 198 g/mol. The van der Waals surface area contributed by atoms with Gasteiger partial charge in [-0.25, -0.2) is 0 Å². The number of nitrogens with zero attached hydrogens (tertiary/aromatic N) is 1. The highest BCUT2D eigenvalue weighted by atomic mass is 15.1. The van der Waals surface area contributed by atoms with Gasteiger partial charge in [0.1, 0.15) is 0 Å². The second-order valence-electron chi connectivity index (χ2n) is 5.69. The van der Waals surface area contributed by atoms with Crippen molar-refractivity contribution in [2.24, 2.45) is 11.3 Å². The molecule has 84 valence electrons. The van der Waals surface area contributed by atoms with Crippen molar-refractivity contribution in [1.29, 1.82) is 0 Å². The summed E-state index contributed by atoms with van der Waals surface area (Å²) in [5.41, 5.74) is 0.382. The van der Waals surface area contributed by atoms with Crippen molar-refractivity contribution in [3.63, 3.8) is 0 Å². The SMILES string of the molecule is CNCC(C)(C)CN(C)C(C)C1CC1. The van der Waals surface area contributed by atoms with Crippen LogP contribution in [0.25, 0.3) is 0 Å². The normalized spacial score (nSPS) is 20.1. The lowest BCUT2D eigenvalue weighted by Gasteiger charge is -2.34. The molecule has 2 heteroatoms. The molecule has 1 N–H and O–H groups in total. The summed E-state index contributed by atoms with van der Waals surface area (Å²) >= 11 is 0. The van der Waals surface area contributed by atoms with Gasteiger partial charge in [0.2, 0.25) is 0 Å². The van der Waals surface area contributed by atoms with E-state index < -0.39 is 0 Å². The lowest BCUT2D eigenvalue weighted by Crippen LogP contribution is -2.42. The molecule has 0 radical (unpaired) electrons. The highest BCUT2D eigenvalue weighted by Gasteiger charge is 2.32. The number of hydrogen-bond acceptors (Lipinski definition) is 2. The maximum absolute atomic E-state index is 3.27. The molecule has 0 saturated heterocycles. The average Bonchev–Trinajstić information content (AvgIpc) is 2.83. The maximum atomic E-state index is 3.27. The van der Waals surface area contributed by atoms with Gasteiger partial charge in [-0.3, -0.25) is 0 Å². The van der Waals surface area contributed by atoms with Crippen LogP contribution in [0.5, 0.6) is 0 Å². The Kier molecular flexibility index (Phi) is 3.96. The van der Waals surface area contributed by atoms with Gasteiger partial charge in [0.25, 0.3) is 0 Å². The van der Waals surface area contributed by atoms with Crippen LogP contribution in [0, 0.1) is 11.3 Å². The molecule has 0 aromatic carbocycles. The topological polar surface area (TPSA) is 15.3 Å². The van der Waals surface area contributed by atoms with Gasteiger partial charge in [-0.2, -0.15) is 0 Å². The van der Waals surface area contributed by atoms with Crippen LogP contribution in [0.4, 0.5) is 0 Å². The zero-order chi connectivity index (χ0) is 10.8. The van der Waals surface area contributed by atoms with E-state index in [1.807, 2.05) is 7.05 Å². The summed E-state index contributed by atoms with van der Waals surface area (Å²) in [6, 6.07) is 0.770. The van der Waals surface area contributed by atoms with Gasteiger partial charge in [-0.15, -0.1) is 0 Å². The van der Waals surface area contributed by atoms with Crippen LogP contribution < -0.4 is 5.32 Å². The molecule has 14 heavy (non-hydrogen) atoms. The minimum Gasteiger partial charge on any atom is -0.319 e. The summed E-state index contributed by atoms with van der Waals surface area (Å²) in [6.07, 6.45) is 2.88. The predicted molar refractivity (Wildman–Crippen MR) is 62.5 cm³/mol. The van der Waals surface area contributed by atoms with Gasteiger partial charge < -0.3 is 10.2 Å². The molecule has 1 unspecified atom stereocenters. The fourth-order valence-corrected chi connectivity index (χ4v) is 2.29. The predicted octanol–water partition coefficient (Wildman–Crippen LogP) is 1.96. The Morgan fingerprint density at radius 3 is 2.43 bits per heavy atom. The lowest BCUT2D eigenvalue weighted by atomic mass is 9.92. The van der Waals surface area contributed by atoms with Gasteiger partial charge in [0.05, 0.1) is 0 Å². The van der Waals surface area contributed by atoms with E-state index in [2.05, 4.69) is 38.0 Å². The van der Waals surface area contributed by atoms with E-state index in [0.717, 1.165) is 18.5 Å². The first kappa shape index (κ1) is 12.0. The Hall–Kier alpha value is -0.0800. The van der Waals surface area contributed by atoms with Crippen molar-refractivity contribution in [3.8, 4) is 0 Å². The molecular weight excluding hydrogens is 172 g/mol. The smallest absolute Gasteiger partial charge is 0.00923 e. The molecule has 0 bridgehead atoms. The Bertz CT molecular complexity index is 173. The average molecular weight is 198 g/mol. The van der Waals surface area contributed by atoms with Crippen molar-refractivity contribution in [2.75, 3.05) is 27.2 Å². The first-order valence-electron chi connectivity index (χ1n) is 5.81. The summed E-state index contributed by atoms with van der Waals surface area (Å²) < 4.78 is 0. The van der Waals surface area contributed by atoms with Gasteiger partial charge in [0, 0.05) is 19.1 Å². The van der Waals surface area contributed by atoms with E-state index in [1.54, 1.807) is 0 Å². The Morgan fingerprint density at radius 2 is 2.00 bits per heavy atom. The molecular formula is C12H26N2. The fourth-order valence-electron chi connectivity index (χ4n) is 2.29. The van der Waals surface area contributed by atoms with E-state index in [-0.39, 0.29) is 0 Å². The number of nitrogens with one attached hydrogen (secondary N) is 1. The van der Waals surface area contributed by atoms with Crippen molar-refractivity contribution in [3.05, 3.63) is 0 Å². The Balaban J connectivity index is 2.33. The van der Waals surface area contributed by atoms with E-state index >= 15 is 0 Å². The Labute approximate surface area is 89.1 Å². The second-order valence-corrected chi connectivity index (χ2v) is 5.69. The number of hydrogen-bond donors (Lipinski definition) is 1. The standard InChI is InChI=1S/C12H26N2/c1-10(11-6-7-11)14(5)9-12(2,3)8-13-4/h10-11,13H,6-9H2,1-5H3. The molecule has 1 rings (SSSR count). The van der Waals surface area contributed by atoms with Crippen molar-refractivity contribution in [2.45, 2.75) is 39.7 Å². The summed E-state index contributed by atoms with van der Waals surface area (Å²) in [5.74, 6) is 0.977. The molecule has 0 aromatic rings. The van der Waals surface area contributed by atoms with E-state index in [9.17, 15) is 0 Å². The minimum absolute atomic E-state index is 0.382. The first-order valence-corrected chi connectivity index (χ1v) is 5.81. The highest BCUT2D eigenvalue weighted by Crippen LogP contribution is 2.35. The van der Waals surface area contributed by atoms with Crippen LogP contribution in [0.1, 0.15) is 33.6 Å². The molecule has 1 fully saturated rings. The van der Waals surface area contributed by atoms with Crippen LogP contribution in [0.3, 0.4) is 0 Å². The van der Waals surface area contributed by atoms with E-state index in [0.29, 0.717) is 5.41 Å². The lowest BCUT2D eigenvalue weighted by molar-refractivity contribution is 0.155. The molecule has 0 amide bonds. The molecule has 1 aliphatic rings. The second kappa shape index (κ2) is 4.63. The van der Waals surface area contributed by atoms with E-state index in [4.69, 9.17) is 0 Å². The summed E-state index contributed by atoms with van der Waals surface area (Å²) in [6.45, 7) is 9.31. The number of rotatable bonds is 6. The largest absolute Gasteiger partial charge is 0.319 e.